The maximum absolute atomic E-state index is 11.8. The number of nitrogens with one attached hydrogen (secondary N) is 1. The van der Waals surface area contributed by atoms with E-state index in [9.17, 15) is 8.42 Å². The number of ether oxygens (including phenoxy) is 1. The molecule has 0 aliphatic heterocycles. The van der Waals surface area contributed by atoms with Crippen molar-refractivity contribution in [3.63, 3.8) is 0 Å². The molecule has 0 saturated heterocycles. The van der Waals surface area contributed by atoms with Crippen molar-refractivity contribution in [2.24, 2.45) is 0 Å². The van der Waals surface area contributed by atoms with Gasteiger partial charge in [-0.25, -0.2) is 13.1 Å². The van der Waals surface area contributed by atoms with Crippen molar-refractivity contribution in [1.82, 2.24) is 4.72 Å². The maximum Gasteiger partial charge on any atom is 0.240 e. The number of anilines is 1. The summed E-state index contributed by atoms with van der Waals surface area (Å²) in [5.41, 5.74) is 6.08. The fraction of sp³-hybridized carbons (Fsp3) is 0.0769. The Bertz CT molecular complexity index is 759. The molecule has 112 valence electrons. The van der Waals surface area contributed by atoms with Gasteiger partial charge in [0.05, 0.1) is 10.6 Å². The molecule has 0 saturated carbocycles. The first-order chi connectivity index (χ1) is 9.81. The number of rotatable bonds is 4. The van der Waals surface area contributed by atoms with E-state index < -0.39 is 10.0 Å². The Balaban J connectivity index is 2.42. The van der Waals surface area contributed by atoms with Crippen LogP contribution in [0.1, 0.15) is 0 Å². The second-order valence-corrected chi connectivity index (χ2v) is 6.87. The van der Waals surface area contributed by atoms with Crippen molar-refractivity contribution in [3.8, 4) is 11.5 Å². The number of benzene rings is 2. The Morgan fingerprint density at radius 2 is 1.71 bits per heavy atom. The number of halogens is 2. The predicted molar refractivity (Wildman–Crippen MR) is 83.6 cm³/mol. The SMILES string of the molecule is CNS(=O)(=O)c1ccc(N)c(Oc2cc(Cl)cc(Cl)c2)c1. The number of nitrogen functional groups attached to an aromatic ring is 1. The van der Waals surface area contributed by atoms with Gasteiger partial charge >= 0.3 is 0 Å². The molecule has 5 nitrogen and oxygen atoms in total. The average molecular weight is 347 g/mol. The highest BCUT2D eigenvalue weighted by Gasteiger charge is 2.14. The van der Waals surface area contributed by atoms with Gasteiger partial charge in [-0.2, -0.15) is 0 Å². The third kappa shape index (κ3) is 3.79. The first kappa shape index (κ1) is 15.9. The summed E-state index contributed by atoms with van der Waals surface area (Å²) >= 11 is 11.8. The molecular formula is C13H12Cl2N2O3S. The van der Waals surface area contributed by atoms with Crippen LogP contribution in [0.4, 0.5) is 5.69 Å². The van der Waals surface area contributed by atoms with Crippen LogP contribution in [-0.4, -0.2) is 15.5 Å². The lowest BCUT2D eigenvalue weighted by Gasteiger charge is -2.11. The summed E-state index contributed by atoms with van der Waals surface area (Å²) in [7, 11) is -2.26. The van der Waals surface area contributed by atoms with E-state index in [0.29, 0.717) is 21.5 Å². The number of sulfonamides is 1. The van der Waals surface area contributed by atoms with Crippen molar-refractivity contribution in [2.75, 3.05) is 12.8 Å². The zero-order chi connectivity index (χ0) is 15.6. The lowest BCUT2D eigenvalue weighted by molar-refractivity contribution is 0.483. The van der Waals surface area contributed by atoms with Gasteiger partial charge in [0.1, 0.15) is 5.75 Å². The first-order valence-corrected chi connectivity index (χ1v) is 8.03. The monoisotopic (exact) mass is 346 g/mol. The molecule has 0 unspecified atom stereocenters. The highest BCUT2D eigenvalue weighted by Crippen LogP contribution is 2.32. The van der Waals surface area contributed by atoms with Gasteiger partial charge in [0.15, 0.2) is 5.75 Å². The zero-order valence-electron chi connectivity index (χ0n) is 10.9. The molecule has 0 fully saturated rings. The number of hydrogen-bond acceptors (Lipinski definition) is 4. The zero-order valence-corrected chi connectivity index (χ0v) is 13.3. The van der Waals surface area contributed by atoms with E-state index in [1.807, 2.05) is 0 Å². The second kappa shape index (κ2) is 6.11. The van der Waals surface area contributed by atoms with Crippen molar-refractivity contribution in [3.05, 3.63) is 46.4 Å². The quantitative estimate of drug-likeness (QED) is 0.832. The normalized spacial score (nSPS) is 11.4. The fourth-order valence-corrected chi connectivity index (χ4v) is 2.85. The van der Waals surface area contributed by atoms with Crippen LogP contribution in [0.3, 0.4) is 0 Å². The van der Waals surface area contributed by atoms with Crippen molar-refractivity contribution in [2.45, 2.75) is 4.90 Å². The van der Waals surface area contributed by atoms with Crippen LogP contribution >= 0.6 is 23.2 Å². The lowest BCUT2D eigenvalue weighted by atomic mass is 10.3. The van der Waals surface area contributed by atoms with Gasteiger partial charge in [0.25, 0.3) is 0 Å². The van der Waals surface area contributed by atoms with E-state index in [-0.39, 0.29) is 10.6 Å². The smallest absolute Gasteiger partial charge is 0.240 e. The van der Waals surface area contributed by atoms with Gasteiger partial charge in [0, 0.05) is 16.1 Å². The van der Waals surface area contributed by atoms with Crippen LogP contribution in [-0.2, 0) is 10.0 Å². The molecule has 2 aromatic carbocycles. The molecule has 0 aromatic heterocycles. The minimum absolute atomic E-state index is 0.0438. The summed E-state index contributed by atoms with van der Waals surface area (Å²) in [4.78, 5) is 0.0438. The molecule has 21 heavy (non-hydrogen) atoms. The van der Waals surface area contributed by atoms with Gasteiger partial charge in [0.2, 0.25) is 10.0 Å². The van der Waals surface area contributed by atoms with E-state index in [2.05, 4.69) is 4.72 Å². The summed E-state index contributed by atoms with van der Waals surface area (Å²) in [5, 5.41) is 0.796. The molecule has 0 aliphatic carbocycles. The topological polar surface area (TPSA) is 81.4 Å². The first-order valence-electron chi connectivity index (χ1n) is 5.79. The van der Waals surface area contributed by atoms with Gasteiger partial charge < -0.3 is 10.5 Å². The van der Waals surface area contributed by atoms with Gasteiger partial charge in [-0.15, -0.1) is 0 Å². The van der Waals surface area contributed by atoms with Crippen LogP contribution in [0.5, 0.6) is 11.5 Å². The summed E-state index contributed by atoms with van der Waals surface area (Å²) in [6.07, 6.45) is 0. The Kier molecular flexibility index (Phi) is 4.63. The van der Waals surface area contributed by atoms with Crippen LogP contribution in [0.2, 0.25) is 10.0 Å². The van der Waals surface area contributed by atoms with E-state index in [1.165, 1.54) is 25.2 Å². The van der Waals surface area contributed by atoms with E-state index >= 15 is 0 Å². The number of hydrogen-bond donors (Lipinski definition) is 2. The Labute approximate surface area is 132 Å². The molecule has 2 aromatic rings. The summed E-state index contributed by atoms with van der Waals surface area (Å²) in [6, 6.07) is 8.82. The van der Waals surface area contributed by atoms with Crippen LogP contribution < -0.4 is 15.2 Å². The molecule has 0 spiro atoms. The molecule has 8 heteroatoms. The molecule has 0 radical (unpaired) electrons. The van der Waals surface area contributed by atoms with E-state index in [1.54, 1.807) is 18.2 Å². The third-order valence-electron chi connectivity index (χ3n) is 2.63. The fourth-order valence-electron chi connectivity index (χ4n) is 1.60. The minimum atomic E-state index is -3.58. The third-order valence-corrected chi connectivity index (χ3v) is 4.48. The molecular weight excluding hydrogens is 335 g/mol. The molecule has 3 N–H and O–H groups in total. The summed E-state index contributed by atoms with van der Waals surface area (Å²) in [6.45, 7) is 0. The van der Waals surface area contributed by atoms with E-state index in [4.69, 9.17) is 33.7 Å². The Hall–Kier alpha value is -1.47. The van der Waals surface area contributed by atoms with Crippen LogP contribution in [0, 0.1) is 0 Å². The second-order valence-electron chi connectivity index (χ2n) is 4.11. The van der Waals surface area contributed by atoms with Crippen LogP contribution in [0.15, 0.2) is 41.3 Å². The highest BCUT2D eigenvalue weighted by atomic mass is 35.5. The molecule has 0 heterocycles. The van der Waals surface area contributed by atoms with E-state index in [0.717, 1.165) is 0 Å². The Morgan fingerprint density at radius 1 is 1.10 bits per heavy atom. The maximum atomic E-state index is 11.8. The van der Waals surface area contributed by atoms with Gasteiger partial charge in [-0.3, -0.25) is 0 Å². The van der Waals surface area contributed by atoms with Crippen molar-refractivity contribution >= 4 is 38.9 Å². The largest absolute Gasteiger partial charge is 0.455 e. The van der Waals surface area contributed by atoms with Crippen molar-refractivity contribution in [1.29, 1.82) is 0 Å². The average Bonchev–Trinajstić information content (AvgIpc) is 2.40. The lowest BCUT2D eigenvalue weighted by Crippen LogP contribution is -2.18. The number of nitrogens with two attached hydrogens (primary N) is 1. The molecule has 0 atom stereocenters. The summed E-state index contributed by atoms with van der Waals surface area (Å²) in [5.74, 6) is 0.558. The van der Waals surface area contributed by atoms with Crippen molar-refractivity contribution < 1.29 is 13.2 Å². The van der Waals surface area contributed by atoms with Gasteiger partial charge in [-0.1, -0.05) is 23.2 Å². The highest BCUT2D eigenvalue weighted by molar-refractivity contribution is 7.89. The summed E-state index contributed by atoms with van der Waals surface area (Å²) < 4.78 is 31.3. The van der Waals surface area contributed by atoms with Crippen LogP contribution in [0.25, 0.3) is 0 Å². The van der Waals surface area contributed by atoms with Gasteiger partial charge in [-0.05, 0) is 37.4 Å². The standard InChI is InChI=1S/C13H12Cl2N2O3S/c1-17-21(18,19)11-2-3-12(16)13(7-11)20-10-5-8(14)4-9(15)6-10/h2-7,17H,16H2,1H3. The predicted octanol–water partition coefficient (Wildman–Crippen LogP) is 3.28. The molecule has 0 amide bonds. The molecule has 0 aliphatic rings. The molecule has 0 bridgehead atoms. The minimum Gasteiger partial charge on any atom is -0.455 e. The Morgan fingerprint density at radius 3 is 2.29 bits per heavy atom. The molecule has 2 rings (SSSR count).